The molecule has 7 nitrogen and oxygen atoms in total. The second-order valence-electron chi connectivity index (χ2n) is 5.82. The second kappa shape index (κ2) is 5.36. The lowest BCUT2D eigenvalue weighted by molar-refractivity contribution is -0.384. The predicted octanol–water partition coefficient (Wildman–Crippen LogP) is 1.64. The maximum atomic E-state index is 11.4. The van der Waals surface area contributed by atoms with E-state index in [0.717, 1.165) is 32.0 Å². The highest BCUT2D eigenvalue weighted by Gasteiger charge is 2.35. The Balaban J connectivity index is 1.96. The third kappa shape index (κ3) is 2.71. The van der Waals surface area contributed by atoms with Gasteiger partial charge in [-0.2, -0.15) is 0 Å². The molecular weight excluding hydrogens is 306 g/mol. The number of nitro groups is 1. The van der Waals surface area contributed by atoms with Crippen LogP contribution in [0.3, 0.4) is 0 Å². The molecule has 1 aromatic rings. The molecule has 0 saturated carbocycles. The van der Waals surface area contributed by atoms with Gasteiger partial charge in [-0.1, -0.05) is 12.2 Å². The SMILES string of the molecule is NS(=O)(=O)c1ccc(N2CC3CC=CCC3C2)c([N+](=O)[O-])c1. The molecule has 0 amide bonds. The van der Waals surface area contributed by atoms with Gasteiger partial charge in [0.2, 0.25) is 10.0 Å². The van der Waals surface area contributed by atoms with Crippen molar-refractivity contribution < 1.29 is 13.3 Å². The first kappa shape index (κ1) is 15.0. The fourth-order valence-corrected chi connectivity index (χ4v) is 3.84. The number of hydrogen-bond acceptors (Lipinski definition) is 5. The van der Waals surface area contributed by atoms with E-state index in [4.69, 9.17) is 5.14 Å². The topological polar surface area (TPSA) is 107 Å². The molecule has 2 atom stereocenters. The largest absolute Gasteiger partial charge is 0.365 e. The Morgan fingerprint density at radius 2 is 1.77 bits per heavy atom. The molecule has 1 fully saturated rings. The zero-order valence-electron chi connectivity index (χ0n) is 11.9. The Morgan fingerprint density at radius 3 is 2.27 bits per heavy atom. The molecule has 3 rings (SSSR count). The number of allylic oxidation sites excluding steroid dienone is 2. The van der Waals surface area contributed by atoms with Gasteiger partial charge in [0.05, 0.1) is 9.82 Å². The number of anilines is 1. The Morgan fingerprint density at radius 1 is 1.18 bits per heavy atom. The molecule has 22 heavy (non-hydrogen) atoms. The Labute approximate surface area is 128 Å². The van der Waals surface area contributed by atoms with Crippen molar-refractivity contribution >= 4 is 21.4 Å². The summed E-state index contributed by atoms with van der Waals surface area (Å²) in [7, 11) is -3.95. The zero-order chi connectivity index (χ0) is 15.9. The van der Waals surface area contributed by atoms with Crippen molar-refractivity contribution in [2.24, 2.45) is 17.0 Å². The first-order valence-electron chi connectivity index (χ1n) is 7.07. The number of benzene rings is 1. The van der Waals surface area contributed by atoms with Crippen LogP contribution >= 0.6 is 0 Å². The molecule has 0 bridgehead atoms. The summed E-state index contributed by atoms with van der Waals surface area (Å²) in [4.78, 5) is 12.5. The molecule has 8 heteroatoms. The molecule has 1 aromatic carbocycles. The van der Waals surface area contributed by atoms with Crippen LogP contribution in [0.25, 0.3) is 0 Å². The van der Waals surface area contributed by atoms with Gasteiger partial charge in [-0.25, -0.2) is 13.6 Å². The highest BCUT2D eigenvalue weighted by atomic mass is 32.2. The molecule has 1 saturated heterocycles. The number of hydrogen-bond donors (Lipinski definition) is 1. The van der Waals surface area contributed by atoms with E-state index in [-0.39, 0.29) is 10.6 Å². The van der Waals surface area contributed by atoms with Crippen LogP contribution in [-0.2, 0) is 10.0 Å². The van der Waals surface area contributed by atoms with Crippen LogP contribution in [0.4, 0.5) is 11.4 Å². The van der Waals surface area contributed by atoms with Crippen molar-refractivity contribution in [2.75, 3.05) is 18.0 Å². The Bertz CT molecular complexity index is 728. The fraction of sp³-hybridized carbons (Fsp3) is 0.429. The molecule has 0 radical (unpaired) electrons. The molecule has 2 unspecified atom stereocenters. The third-order valence-corrected chi connectivity index (χ3v) is 5.34. The monoisotopic (exact) mass is 323 g/mol. The quantitative estimate of drug-likeness (QED) is 0.517. The van der Waals surface area contributed by atoms with Crippen molar-refractivity contribution in [1.29, 1.82) is 0 Å². The smallest absolute Gasteiger partial charge is 0.293 e. The van der Waals surface area contributed by atoms with E-state index < -0.39 is 14.9 Å². The lowest BCUT2D eigenvalue weighted by Crippen LogP contribution is -2.21. The van der Waals surface area contributed by atoms with E-state index in [1.54, 1.807) is 0 Å². The summed E-state index contributed by atoms with van der Waals surface area (Å²) in [5.74, 6) is 1.00. The number of primary sulfonamides is 1. The Kier molecular flexibility index (Phi) is 3.65. The minimum atomic E-state index is -3.95. The summed E-state index contributed by atoms with van der Waals surface area (Å²) in [6.07, 6.45) is 6.29. The van der Waals surface area contributed by atoms with E-state index in [0.29, 0.717) is 17.5 Å². The molecular formula is C14H17N3O4S. The summed E-state index contributed by atoms with van der Waals surface area (Å²) in [5.41, 5.74) is 0.255. The molecule has 2 N–H and O–H groups in total. The van der Waals surface area contributed by atoms with Gasteiger partial charge in [-0.15, -0.1) is 0 Å². The number of nitrogens with zero attached hydrogens (tertiary/aromatic N) is 2. The maximum absolute atomic E-state index is 11.4. The Hall–Kier alpha value is -1.93. The van der Waals surface area contributed by atoms with Crippen molar-refractivity contribution in [3.05, 3.63) is 40.5 Å². The second-order valence-corrected chi connectivity index (χ2v) is 7.38. The van der Waals surface area contributed by atoms with Crippen LogP contribution in [0, 0.1) is 22.0 Å². The lowest BCUT2D eigenvalue weighted by Gasteiger charge is -2.18. The van der Waals surface area contributed by atoms with E-state index >= 15 is 0 Å². The molecule has 1 aliphatic carbocycles. The molecule has 118 valence electrons. The van der Waals surface area contributed by atoms with Crippen LogP contribution in [-0.4, -0.2) is 26.4 Å². The molecule has 2 aliphatic rings. The molecule has 1 heterocycles. The first-order valence-corrected chi connectivity index (χ1v) is 8.62. The van der Waals surface area contributed by atoms with Gasteiger partial charge in [-0.3, -0.25) is 10.1 Å². The minimum absolute atomic E-state index is 0.210. The molecule has 0 spiro atoms. The average Bonchev–Trinajstić information content (AvgIpc) is 2.89. The highest BCUT2D eigenvalue weighted by Crippen LogP contribution is 2.39. The van der Waals surface area contributed by atoms with Crippen LogP contribution < -0.4 is 10.0 Å². The number of rotatable bonds is 3. The fourth-order valence-electron chi connectivity index (χ4n) is 3.31. The van der Waals surface area contributed by atoms with Crippen molar-refractivity contribution in [2.45, 2.75) is 17.7 Å². The van der Waals surface area contributed by atoms with E-state index in [1.807, 2.05) is 4.90 Å². The van der Waals surface area contributed by atoms with Crippen LogP contribution in [0.15, 0.2) is 35.2 Å². The lowest BCUT2D eigenvalue weighted by atomic mass is 9.86. The summed E-state index contributed by atoms with van der Waals surface area (Å²) >= 11 is 0. The first-order chi connectivity index (χ1) is 10.4. The number of nitrogens with two attached hydrogens (primary N) is 1. The van der Waals surface area contributed by atoms with Gasteiger partial charge < -0.3 is 4.90 Å². The number of sulfonamides is 1. The molecule has 0 aromatic heterocycles. The van der Waals surface area contributed by atoms with Gasteiger partial charge in [0.1, 0.15) is 5.69 Å². The zero-order valence-corrected chi connectivity index (χ0v) is 12.7. The summed E-state index contributed by atoms with van der Waals surface area (Å²) in [6, 6.07) is 3.87. The summed E-state index contributed by atoms with van der Waals surface area (Å²) in [5, 5.41) is 16.4. The molecule has 1 aliphatic heterocycles. The summed E-state index contributed by atoms with van der Waals surface area (Å²) in [6.45, 7) is 1.51. The number of fused-ring (bicyclic) bond motifs is 1. The maximum Gasteiger partial charge on any atom is 0.293 e. The van der Waals surface area contributed by atoms with E-state index in [9.17, 15) is 18.5 Å². The normalized spacial score (nSPS) is 24.3. The van der Waals surface area contributed by atoms with Gasteiger partial charge in [-0.05, 0) is 36.8 Å². The average molecular weight is 323 g/mol. The van der Waals surface area contributed by atoms with Crippen LogP contribution in [0.1, 0.15) is 12.8 Å². The van der Waals surface area contributed by atoms with Gasteiger partial charge in [0.15, 0.2) is 0 Å². The van der Waals surface area contributed by atoms with Gasteiger partial charge in [0, 0.05) is 19.2 Å². The standard InChI is InChI=1S/C14H17N3O4S/c15-22(20,21)12-5-6-13(14(7-12)17(18)19)16-8-10-3-1-2-4-11(10)9-16/h1-2,5-7,10-11H,3-4,8-9H2,(H2,15,20,21). The van der Waals surface area contributed by atoms with Gasteiger partial charge >= 0.3 is 0 Å². The summed E-state index contributed by atoms with van der Waals surface area (Å²) < 4.78 is 22.8. The third-order valence-electron chi connectivity index (χ3n) is 4.43. The van der Waals surface area contributed by atoms with E-state index in [2.05, 4.69) is 12.2 Å². The minimum Gasteiger partial charge on any atom is -0.365 e. The van der Waals surface area contributed by atoms with Crippen molar-refractivity contribution in [3.63, 3.8) is 0 Å². The highest BCUT2D eigenvalue weighted by molar-refractivity contribution is 7.89. The van der Waals surface area contributed by atoms with Crippen molar-refractivity contribution in [3.8, 4) is 0 Å². The van der Waals surface area contributed by atoms with Crippen molar-refractivity contribution in [1.82, 2.24) is 0 Å². The van der Waals surface area contributed by atoms with Crippen LogP contribution in [0.5, 0.6) is 0 Å². The number of nitro benzene ring substituents is 1. The van der Waals surface area contributed by atoms with E-state index in [1.165, 1.54) is 12.1 Å². The van der Waals surface area contributed by atoms with Crippen LogP contribution in [0.2, 0.25) is 0 Å². The van der Waals surface area contributed by atoms with Gasteiger partial charge in [0.25, 0.3) is 5.69 Å². The predicted molar refractivity (Wildman–Crippen MR) is 82.0 cm³/mol.